The van der Waals surface area contributed by atoms with Crippen LogP contribution in [0, 0.1) is 6.92 Å². The molecule has 0 saturated carbocycles. The summed E-state index contributed by atoms with van der Waals surface area (Å²) in [6, 6.07) is 4.12. The fraction of sp³-hybridized carbons (Fsp3) is 0.462. The standard InChI is InChI=1S/C13H18O5S/c1-9(2)18-6-7-19(16,17)11-5-4-10(3)12(8-11)13(14)15/h4-5,8-9H,6-7H2,1-3H3,(H,14,15). The molecule has 0 unspecified atom stereocenters. The summed E-state index contributed by atoms with van der Waals surface area (Å²) in [5.74, 6) is -1.29. The Morgan fingerprint density at radius 2 is 2.00 bits per heavy atom. The van der Waals surface area contributed by atoms with Gasteiger partial charge in [0.25, 0.3) is 0 Å². The minimum atomic E-state index is -3.52. The smallest absolute Gasteiger partial charge is 0.335 e. The van der Waals surface area contributed by atoms with E-state index < -0.39 is 15.8 Å². The van der Waals surface area contributed by atoms with Crippen LogP contribution in [0.4, 0.5) is 0 Å². The van der Waals surface area contributed by atoms with E-state index in [0.29, 0.717) is 5.56 Å². The van der Waals surface area contributed by atoms with Crippen LogP contribution in [0.1, 0.15) is 29.8 Å². The van der Waals surface area contributed by atoms with E-state index >= 15 is 0 Å². The van der Waals surface area contributed by atoms with Gasteiger partial charge in [-0.05, 0) is 38.5 Å². The van der Waals surface area contributed by atoms with Crippen LogP contribution < -0.4 is 0 Å². The molecule has 5 nitrogen and oxygen atoms in total. The number of carbonyl (C=O) groups is 1. The number of benzene rings is 1. The molecular formula is C13H18O5S. The number of aromatic carboxylic acids is 1. The van der Waals surface area contributed by atoms with E-state index in [1.807, 2.05) is 13.8 Å². The second-order valence-electron chi connectivity index (χ2n) is 4.52. The number of carboxylic acid groups (broad SMARTS) is 1. The van der Waals surface area contributed by atoms with Gasteiger partial charge in [-0.2, -0.15) is 0 Å². The van der Waals surface area contributed by atoms with E-state index in [0.717, 1.165) is 0 Å². The van der Waals surface area contributed by atoms with Crippen molar-refractivity contribution in [1.29, 1.82) is 0 Å². The molecule has 0 radical (unpaired) electrons. The van der Waals surface area contributed by atoms with Gasteiger partial charge in [-0.3, -0.25) is 0 Å². The quantitative estimate of drug-likeness (QED) is 0.863. The van der Waals surface area contributed by atoms with Crippen molar-refractivity contribution in [2.75, 3.05) is 12.4 Å². The third-order valence-electron chi connectivity index (χ3n) is 2.60. The van der Waals surface area contributed by atoms with Crippen molar-refractivity contribution in [3.05, 3.63) is 29.3 Å². The number of ether oxygens (including phenoxy) is 1. The van der Waals surface area contributed by atoms with Gasteiger partial charge in [0.1, 0.15) is 0 Å². The molecule has 0 spiro atoms. The van der Waals surface area contributed by atoms with Gasteiger partial charge < -0.3 is 9.84 Å². The van der Waals surface area contributed by atoms with Gasteiger partial charge in [-0.25, -0.2) is 13.2 Å². The van der Waals surface area contributed by atoms with Crippen molar-refractivity contribution in [2.24, 2.45) is 0 Å². The summed E-state index contributed by atoms with van der Waals surface area (Å²) >= 11 is 0. The molecule has 1 N–H and O–H groups in total. The van der Waals surface area contributed by atoms with E-state index in [1.54, 1.807) is 6.92 Å². The monoisotopic (exact) mass is 286 g/mol. The fourth-order valence-corrected chi connectivity index (χ4v) is 2.66. The Bertz CT molecular complexity index is 560. The van der Waals surface area contributed by atoms with Gasteiger partial charge in [0.2, 0.25) is 0 Å². The molecule has 0 bridgehead atoms. The Hall–Kier alpha value is -1.40. The van der Waals surface area contributed by atoms with Crippen LogP contribution in [0.3, 0.4) is 0 Å². The number of aryl methyl sites for hydroxylation is 1. The maximum absolute atomic E-state index is 12.0. The van der Waals surface area contributed by atoms with Gasteiger partial charge in [0.05, 0.1) is 28.9 Å². The second kappa shape index (κ2) is 6.16. The number of rotatable bonds is 6. The average molecular weight is 286 g/mol. The van der Waals surface area contributed by atoms with Crippen molar-refractivity contribution in [2.45, 2.75) is 31.8 Å². The number of carboxylic acids is 1. The van der Waals surface area contributed by atoms with Crippen molar-refractivity contribution in [3.8, 4) is 0 Å². The molecule has 19 heavy (non-hydrogen) atoms. The van der Waals surface area contributed by atoms with E-state index in [2.05, 4.69) is 0 Å². The minimum Gasteiger partial charge on any atom is -0.478 e. The number of sulfone groups is 1. The van der Waals surface area contributed by atoms with E-state index in [-0.39, 0.29) is 28.9 Å². The number of hydrogen-bond donors (Lipinski definition) is 1. The zero-order chi connectivity index (χ0) is 14.6. The van der Waals surface area contributed by atoms with Gasteiger partial charge in [0, 0.05) is 0 Å². The molecule has 1 aromatic carbocycles. The van der Waals surface area contributed by atoms with E-state index in [1.165, 1.54) is 18.2 Å². The summed E-state index contributed by atoms with van der Waals surface area (Å²) in [5, 5.41) is 8.99. The Morgan fingerprint density at radius 3 is 2.53 bits per heavy atom. The summed E-state index contributed by atoms with van der Waals surface area (Å²) in [4.78, 5) is 11.0. The molecule has 0 aromatic heterocycles. The minimum absolute atomic E-state index is 0.00542. The molecular weight excluding hydrogens is 268 g/mol. The topological polar surface area (TPSA) is 80.7 Å². The molecule has 0 amide bonds. The summed E-state index contributed by atoms with van der Waals surface area (Å²) in [5.41, 5.74) is 0.538. The van der Waals surface area contributed by atoms with Crippen molar-refractivity contribution >= 4 is 15.8 Å². The van der Waals surface area contributed by atoms with Crippen LogP contribution in [0.15, 0.2) is 23.1 Å². The lowest BCUT2D eigenvalue weighted by atomic mass is 10.1. The molecule has 0 aliphatic heterocycles. The molecule has 0 heterocycles. The first kappa shape index (κ1) is 15.7. The predicted octanol–water partition coefficient (Wildman–Crippen LogP) is 1.89. The Balaban J connectivity index is 2.96. The van der Waals surface area contributed by atoms with Crippen LogP contribution in [0.25, 0.3) is 0 Å². The zero-order valence-corrected chi connectivity index (χ0v) is 12.0. The van der Waals surface area contributed by atoms with Crippen molar-refractivity contribution in [3.63, 3.8) is 0 Å². The molecule has 1 aromatic rings. The molecule has 106 valence electrons. The SMILES string of the molecule is Cc1ccc(S(=O)(=O)CCOC(C)C)cc1C(=O)O. The van der Waals surface area contributed by atoms with Gasteiger partial charge in [-0.15, -0.1) is 0 Å². The molecule has 6 heteroatoms. The third-order valence-corrected chi connectivity index (χ3v) is 4.28. The maximum atomic E-state index is 12.0. The predicted molar refractivity (Wildman–Crippen MR) is 71.3 cm³/mol. The van der Waals surface area contributed by atoms with E-state index in [9.17, 15) is 13.2 Å². The molecule has 0 atom stereocenters. The highest BCUT2D eigenvalue weighted by atomic mass is 32.2. The van der Waals surface area contributed by atoms with Crippen LogP contribution in [-0.4, -0.2) is 38.0 Å². The Kier molecular flexibility index (Phi) is 5.08. The maximum Gasteiger partial charge on any atom is 0.335 e. The Labute approximate surface area is 113 Å². The normalized spacial score (nSPS) is 11.8. The Morgan fingerprint density at radius 1 is 1.37 bits per heavy atom. The van der Waals surface area contributed by atoms with E-state index in [4.69, 9.17) is 9.84 Å². The summed E-state index contributed by atoms with van der Waals surface area (Å²) in [6.07, 6.45) is -0.0391. The fourth-order valence-electron chi connectivity index (χ4n) is 1.54. The van der Waals surface area contributed by atoms with Crippen LogP contribution in [0.2, 0.25) is 0 Å². The van der Waals surface area contributed by atoms with Crippen molar-refractivity contribution < 1.29 is 23.1 Å². The molecule has 1 rings (SSSR count). The number of hydrogen-bond acceptors (Lipinski definition) is 4. The molecule has 0 fully saturated rings. The highest BCUT2D eigenvalue weighted by Crippen LogP contribution is 2.17. The first-order valence-electron chi connectivity index (χ1n) is 5.92. The summed E-state index contributed by atoms with van der Waals surface area (Å²) < 4.78 is 29.3. The van der Waals surface area contributed by atoms with Crippen LogP contribution in [-0.2, 0) is 14.6 Å². The lowest BCUT2D eigenvalue weighted by Gasteiger charge is -2.09. The first-order valence-corrected chi connectivity index (χ1v) is 7.57. The second-order valence-corrected chi connectivity index (χ2v) is 6.63. The summed E-state index contributed by atoms with van der Waals surface area (Å²) in [6.45, 7) is 5.36. The van der Waals surface area contributed by atoms with Gasteiger partial charge >= 0.3 is 5.97 Å². The van der Waals surface area contributed by atoms with Crippen LogP contribution in [0.5, 0.6) is 0 Å². The summed E-state index contributed by atoms with van der Waals surface area (Å²) in [7, 11) is -3.52. The molecule has 0 aliphatic carbocycles. The molecule has 0 aliphatic rings. The first-order chi connectivity index (χ1) is 8.74. The highest BCUT2D eigenvalue weighted by Gasteiger charge is 2.18. The van der Waals surface area contributed by atoms with Crippen molar-refractivity contribution in [1.82, 2.24) is 0 Å². The average Bonchev–Trinajstić information content (AvgIpc) is 2.27. The lowest BCUT2D eigenvalue weighted by Crippen LogP contribution is -2.16. The largest absolute Gasteiger partial charge is 0.478 e. The zero-order valence-electron chi connectivity index (χ0n) is 11.2. The molecule has 0 saturated heterocycles. The third kappa shape index (κ3) is 4.33. The van der Waals surface area contributed by atoms with Gasteiger partial charge in [-0.1, -0.05) is 6.07 Å². The highest BCUT2D eigenvalue weighted by molar-refractivity contribution is 7.91. The van der Waals surface area contributed by atoms with Gasteiger partial charge in [0.15, 0.2) is 9.84 Å². The lowest BCUT2D eigenvalue weighted by molar-refractivity contribution is 0.0696. The van der Waals surface area contributed by atoms with Crippen LogP contribution >= 0.6 is 0 Å².